The Labute approximate surface area is 140 Å². The third-order valence-corrected chi connectivity index (χ3v) is 5.64. The predicted molar refractivity (Wildman–Crippen MR) is 92.9 cm³/mol. The largest absolute Gasteiger partial charge is 0.381 e. The average molecular weight is 323 g/mol. The zero-order chi connectivity index (χ0) is 16.0. The van der Waals surface area contributed by atoms with Gasteiger partial charge < -0.3 is 19.7 Å². The number of hydrogen-bond acceptors (Lipinski definition) is 3. The lowest BCUT2D eigenvalue weighted by Crippen LogP contribution is -2.42. The lowest BCUT2D eigenvalue weighted by molar-refractivity contribution is 0.0276. The minimum atomic E-state index is 0.391. The Morgan fingerprint density at radius 3 is 2.91 bits per heavy atom. The van der Waals surface area contributed by atoms with Gasteiger partial charge in [0.1, 0.15) is 0 Å². The molecule has 5 nitrogen and oxygen atoms in total. The Balaban J connectivity index is 1.32. The Hall–Kier alpha value is -0.810. The van der Waals surface area contributed by atoms with E-state index in [2.05, 4.69) is 15.2 Å². The fraction of sp³-hybridized carbons (Fsp3) is 0.944. The van der Waals surface area contributed by atoms with E-state index in [1.54, 1.807) is 0 Å². The zero-order valence-corrected chi connectivity index (χ0v) is 14.7. The molecule has 3 rings (SSSR count). The third-order valence-electron chi connectivity index (χ3n) is 5.64. The van der Waals surface area contributed by atoms with E-state index in [1.807, 2.05) is 7.05 Å². The van der Waals surface area contributed by atoms with Crippen LogP contribution < -0.4 is 5.32 Å². The summed E-state index contributed by atoms with van der Waals surface area (Å²) in [7, 11) is 1.89. The number of nitrogens with one attached hydrogen (secondary N) is 1. The van der Waals surface area contributed by atoms with Crippen molar-refractivity contribution in [3.63, 3.8) is 0 Å². The molecule has 1 unspecified atom stereocenters. The van der Waals surface area contributed by atoms with Crippen LogP contribution in [0.5, 0.6) is 0 Å². The van der Waals surface area contributed by atoms with Gasteiger partial charge in [-0.25, -0.2) is 0 Å². The monoisotopic (exact) mass is 323 g/mol. The summed E-state index contributed by atoms with van der Waals surface area (Å²) in [6.45, 7) is 5.85. The molecule has 1 aliphatic carbocycles. The van der Waals surface area contributed by atoms with Crippen molar-refractivity contribution in [3.8, 4) is 0 Å². The lowest BCUT2D eigenvalue weighted by Gasteiger charge is -2.25. The van der Waals surface area contributed by atoms with Gasteiger partial charge in [-0.15, -0.1) is 0 Å². The van der Waals surface area contributed by atoms with E-state index in [4.69, 9.17) is 9.47 Å². The van der Waals surface area contributed by atoms with Crippen molar-refractivity contribution in [2.45, 2.75) is 57.5 Å². The molecule has 0 amide bonds. The summed E-state index contributed by atoms with van der Waals surface area (Å²) < 4.78 is 11.6. The molecular weight excluding hydrogens is 290 g/mol. The standard InChI is InChI=1S/C18H33N3O2/c1-19-17(21-11-8-18(14-21)9-13-22-15-18)20-10-5-12-23-16-6-3-2-4-7-16/h16H,2-15H2,1H3,(H,19,20). The molecule has 2 heterocycles. The Morgan fingerprint density at radius 1 is 1.30 bits per heavy atom. The molecule has 0 aromatic rings. The van der Waals surface area contributed by atoms with Crippen LogP contribution in [-0.2, 0) is 9.47 Å². The SMILES string of the molecule is CN=C(NCCCOC1CCCCC1)N1CCC2(CCOC2)C1. The molecule has 1 spiro atoms. The molecule has 1 atom stereocenters. The van der Waals surface area contributed by atoms with E-state index in [0.717, 1.165) is 51.8 Å². The van der Waals surface area contributed by atoms with Crippen molar-refractivity contribution < 1.29 is 9.47 Å². The summed E-state index contributed by atoms with van der Waals surface area (Å²) in [5, 5.41) is 3.51. The van der Waals surface area contributed by atoms with Gasteiger partial charge in [0, 0.05) is 45.3 Å². The van der Waals surface area contributed by atoms with Gasteiger partial charge in [0.05, 0.1) is 12.7 Å². The van der Waals surface area contributed by atoms with Crippen molar-refractivity contribution in [3.05, 3.63) is 0 Å². The minimum Gasteiger partial charge on any atom is -0.381 e. The number of ether oxygens (including phenoxy) is 2. The topological polar surface area (TPSA) is 46.1 Å². The maximum atomic E-state index is 5.99. The summed E-state index contributed by atoms with van der Waals surface area (Å²) in [4.78, 5) is 6.86. The van der Waals surface area contributed by atoms with Crippen molar-refractivity contribution in [1.82, 2.24) is 10.2 Å². The Kier molecular flexibility index (Phi) is 6.17. The molecule has 2 aliphatic heterocycles. The maximum Gasteiger partial charge on any atom is 0.193 e. The van der Waals surface area contributed by atoms with Crippen LogP contribution in [0.15, 0.2) is 4.99 Å². The second-order valence-corrected chi connectivity index (χ2v) is 7.43. The smallest absolute Gasteiger partial charge is 0.193 e. The minimum absolute atomic E-state index is 0.391. The molecule has 2 saturated heterocycles. The first kappa shape index (κ1) is 17.0. The second kappa shape index (κ2) is 8.34. The summed E-state index contributed by atoms with van der Waals surface area (Å²) in [6, 6.07) is 0. The summed E-state index contributed by atoms with van der Waals surface area (Å²) in [6.07, 6.45) is 10.6. The van der Waals surface area contributed by atoms with Gasteiger partial charge in [-0.3, -0.25) is 4.99 Å². The normalized spacial score (nSPS) is 29.6. The van der Waals surface area contributed by atoms with Gasteiger partial charge in [-0.2, -0.15) is 0 Å². The molecule has 23 heavy (non-hydrogen) atoms. The van der Waals surface area contributed by atoms with Crippen LogP contribution >= 0.6 is 0 Å². The number of guanidine groups is 1. The first-order valence-electron chi connectivity index (χ1n) is 9.46. The number of nitrogens with zero attached hydrogens (tertiary/aromatic N) is 2. The van der Waals surface area contributed by atoms with Crippen LogP contribution in [0.1, 0.15) is 51.4 Å². The van der Waals surface area contributed by atoms with Crippen molar-refractivity contribution >= 4 is 5.96 Å². The highest BCUT2D eigenvalue weighted by atomic mass is 16.5. The highest BCUT2D eigenvalue weighted by Crippen LogP contribution is 2.38. The highest BCUT2D eigenvalue weighted by Gasteiger charge is 2.42. The Morgan fingerprint density at radius 2 is 2.17 bits per heavy atom. The van der Waals surface area contributed by atoms with Gasteiger partial charge in [0.25, 0.3) is 0 Å². The van der Waals surface area contributed by atoms with Gasteiger partial charge in [-0.1, -0.05) is 19.3 Å². The van der Waals surface area contributed by atoms with Crippen molar-refractivity contribution in [2.24, 2.45) is 10.4 Å². The van der Waals surface area contributed by atoms with Gasteiger partial charge in [0.2, 0.25) is 0 Å². The van der Waals surface area contributed by atoms with E-state index in [9.17, 15) is 0 Å². The molecule has 3 fully saturated rings. The summed E-state index contributed by atoms with van der Waals surface area (Å²) in [5.74, 6) is 1.05. The molecule has 0 radical (unpaired) electrons. The van der Waals surface area contributed by atoms with E-state index in [1.165, 1.54) is 44.9 Å². The quantitative estimate of drug-likeness (QED) is 0.479. The van der Waals surface area contributed by atoms with Crippen LogP contribution in [0.3, 0.4) is 0 Å². The molecule has 0 aromatic carbocycles. The number of hydrogen-bond donors (Lipinski definition) is 1. The van der Waals surface area contributed by atoms with E-state index < -0.39 is 0 Å². The first-order valence-corrected chi connectivity index (χ1v) is 9.46. The number of likely N-dealkylation sites (tertiary alicyclic amines) is 1. The molecule has 3 aliphatic rings. The maximum absolute atomic E-state index is 5.99. The average Bonchev–Trinajstić information content (AvgIpc) is 3.22. The summed E-state index contributed by atoms with van der Waals surface area (Å²) >= 11 is 0. The molecule has 132 valence electrons. The molecule has 1 saturated carbocycles. The van der Waals surface area contributed by atoms with Gasteiger partial charge >= 0.3 is 0 Å². The molecular formula is C18H33N3O2. The lowest BCUT2D eigenvalue weighted by atomic mass is 9.87. The van der Waals surface area contributed by atoms with E-state index in [0.29, 0.717) is 11.5 Å². The second-order valence-electron chi connectivity index (χ2n) is 7.43. The van der Waals surface area contributed by atoms with Crippen molar-refractivity contribution in [1.29, 1.82) is 0 Å². The first-order chi connectivity index (χ1) is 11.3. The van der Waals surface area contributed by atoms with Crippen LogP contribution in [-0.4, -0.2) is 63.5 Å². The van der Waals surface area contributed by atoms with Crippen LogP contribution in [0, 0.1) is 5.41 Å². The highest BCUT2D eigenvalue weighted by molar-refractivity contribution is 5.80. The third kappa shape index (κ3) is 4.60. The number of rotatable bonds is 5. The fourth-order valence-electron chi connectivity index (χ4n) is 4.17. The van der Waals surface area contributed by atoms with E-state index >= 15 is 0 Å². The van der Waals surface area contributed by atoms with Gasteiger partial charge in [0.15, 0.2) is 5.96 Å². The summed E-state index contributed by atoms with van der Waals surface area (Å²) in [5.41, 5.74) is 0.391. The van der Waals surface area contributed by atoms with Crippen LogP contribution in [0.4, 0.5) is 0 Å². The molecule has 1 N–H and O–H groups in total. The molecule has 5 heteroatoms. The predicted octanol–water partition coefficient (Wildman–Crippen LogP) is 2.41. The zero-order valence-electron chi connectivity index (χ0n) is 14.7. The van der Waals surface area contributed by atoms with Crippen LogP contribution in [0.2, 0.25) is 0 Å². The van der Waals surface area contributed by atoms with Gasteiger partial charge in [-0.05, 0) is 32.1 Å². The Bertz CT molecular complexity index is 388. The van der Waals surface area contributed by atoms with Crippen molar-refractivity contribution in [2.75, 3.05) is 46.5 Å². The number of aliphatic imine (C=N–C) groups is 1. The van der Waals surface area contributed by atoms with E-state index in [-0.39, 0.29) is 0 Å². The molecule has 0 bridgehead atoms. The van der Waals surface area contributed by atoms with Crippen LogP contribution in [0.25, 0.3) is 0 Å². The fourth-order valence-corrected chi connectivity index (χ4v) is 4.17. The molecule has 0 aromatic heterocycles.